The molecule has 3 aromatic rings. The molecule has 0 aliphatic heterocycles. The molecule has 0 saturated carbocycles. The van der Waals surface area contributed by atoms with E-state index in [9.17, 15) is 9.18 Å². The Bertz CT molecular complexity index is 946. The van der Waals surface area contributed by atoms with Gasteiger partial charge in [-0.2, -0.15) is 0 Å². The third-order valence-electron chi connectivity index (χ3n) is 3.28. The molecule has 5 nitrogen and oxygen atoms in total. The second kappa shape index (κ2) is 5.92. The minimum Gasteiger partial charge on any atom is -0.497 e. The van der Waals surface area contributed by atoms with Crippen LogP contribution in [0.25, 0.3) is 11.0 Å². The van der Waals surface area contributed by atoms with E-state index in [1.54, 1.807) is 31.4 Å². The number of fused-ring (bicyclic) bond motifs is 1. The first kappa shape index (κ1) is 14.8. The number of hydrogen-bond acceptors (Lipinski definition) is 4. The largest absolute Gasteiger partial charge is 0.497 e. The van der Waals surface area contributed by atoms with Gasteiger partial charge in [0.25, 0.3) is 5.91 Å². The standard InChI is InChI=1S/C17H13FN2O3/c1-22-13-7-2-10-8-14(16(19)21)17(23-15(10)9-13)20-12-5-3-11(18)4-6-12/h2-9H,1H3,(H2,19,21). The molecule has 0 aliphatic rings. The summed E-state index contributed by atoms with van der Waals surface area (Å²) in [6.07, 6.45) is 0. The van der Waals surface area contributed by atoms with E-state index in [0.29, 0.717) is 22.4 Å². The Balaban J connectivity index is 2.25. The van der Waals surface area contributed by atoms with E-state index in [1.807, 2.05) is 0 Å². The van der Waals surface area contributed by atoms with Gasteiger partial charge in [0, 0.05) is 11.5 Å². The molecule has 0 unspecified atom stereocenters. The van der Waals surface area contributed by atoms with Gasteiger partial charge in [0.05, 0.1) is 12.8 Å². The van der Waals surface area contributed by atoms with E-state index in [1.165, 1.54) is 24.3 Å². The highest BCUT2D eigenvalue weighted by atomic mass is 19.1. The summed E-state index contributed by atoms with van der Waals surface area (Å²) < 4.78 is 23.8. The molecule has 0 aliphatic carbocycles. The van der Waals surface area contributed by atoms with Gasteiger partial charge in [0.2, 0.25) is 5.55 Å². The molecule has 116 valence electrons. The molecule has 0 saturated heterocycles. The highest BCUT2D eigenvalue weighted by Gasteiger charge is 2.10. The Morgan fingerprint density at radius 1 is 1.17 bits per heavy atom. The molecule has 0 bridgehead atoms. The number of nitrogens with zero attached hydrogens (tertiary/aromatic N) is 1. The molecule has 0 radical (unpaired) electrons. The van der Waals surface area contributed by atoms with E-state index in [-0.39, 0.29) is 16.9 Å². The molecule has 0 fully saturated rings. The molecule has 2 aromatic carbocycles. The highest BCUT2D eigenvalue weighted by molar-refractivity contribution is 5.95. The van der Waals surface area contributed by atoms with Gasteiger partial charge in [-0.05, 0) is 42.5 Å². The molecule has 1 aromatic heterocycles. The van der Waals surface area contributed by atoms with Gasteiger partial charge in [-0.3, -0.25) is 4.79 Å². The van der Waals surface area contributed by atoms with Gasteiger partial charge in [-0.25, -0.2) is 9.38 Å². The molecule has 2 N–H and O–H groups in total. The number of rotatable bonds is 3. The van der Waals surface area contributed by atoms with E-state index >= 15 is 0 Å². The normalized spacial score (nSPS) is 11.7. The molecule has 3 rings (SSSR count). The fraction of sp³-hybridized carbons (Fsp3) is 0.0588. The van der Waals surface area contributed by atoms with Crippen LogP contribution in [0.1, 0.15) is 10.4 Å². The van der Waals surface area contributed by atoms with Crippen LogP contribution in [0.5, 0.6) is 5.75 Å². The Morgan fingerprint density at radius 3 is 2.57 bits per heavy atom. The predicted octanol–water partition coefficient (Wildman–Crippen LogP) is 2.91. The van der Waals surface area contributed by atoms with Crippen molar-refractivity contribution >= 4 is 22.6 Å². The monoisotopic (exact) mass is 312 g/mol. The maximum absolute atomic E-state index is 13.0. The Morgan fingerprint density at radius 2 is 1.91 bits per heavy atom. The Labute approximate surface area is 130 Å². The Kier molecular flexibility index (Phi) is 3.80. The number of halogens is 1. The zero-order valence-corrected chi connectivity index (χ0v) is 12.2. The lowest BCUT2D eigenvalue weighted by Crippen LogP contribution is -2.21. The number of carbonyl (C=O) groups excluding carboxylic acids is 1. The maximum Gasteiger partial charge on any atom is 0.254 e. The second-order valence-corrected chi connectivity index (χ2v) is 4.82. The predicted molar refractivity (Wildman–Crippen MR) is 82.9 cm³/mol. The lowest BCUT2D eigenvalue weighted by molar-refractivity contribution is 0.0996. The molecule has 6 heteroatoms. The van der Waals surface area contributed by atoms with E-state index in [2.05, 4.69) is 4.99 Å². The van der Waals surface area contributed by atoms with Crippen LogP contribution in [0.2, 0.25) is 0 Å². The third-order valence-corrected chi connectivity index (χ3v) is 3.28. The van der Waals surface area contributed by atoms with Crippen LogP contribution in [0.15, 0.2) is 57.9 Å². The van der Waals surface area contributed by atoms with Crippen LogP contribution in [0, 0.1) is 5.82 Å². The summed E-state index contributed by atoms with van der Waals surface area (Å²) >= 11 is 0. The van der Waals surface area contributed by atoms with Gasteiger partial charge in [0.15, 0.2) is 0 Å². The number of amides is 1. The van der Waals surface area contributed by atoms with Gasteiger partial charge in [-0.15, -0.1) is 0 Å². The SMILES string of the molecule is COc1ccc2cc(C(N)=O)c(=Nc3ccc(F)cc3)oc2c1. The lowest BCUT2D eigenvalue weighted by Gasteiger charge is -2.04. The van der Waals surface area contributed by atoms with Crippen LogP contribution in [-0.2, 0) is 0 Å². The second-order valence-electron chi connectivity index (χ2n) is 4.82. The van der Waals surface area contributed by atoms with Crippen LogP contribution in [0.3, 0.4) is 0 Å². The molecule has 0 spiro atoms. The number of methoxy groups -OCH3 is 1. The van der Waals surface area contributed by atoms with Crippen molar-refractivity contribution in [2.75, 3.05) is 7.11 Å². The number of carbonyl (C=O) groups is 1. The average Bonchev–Trinajstić information content (AvgIpc) is 2.55. The fourth-order valence-electron chi connectivity index (χ4n) is 2.12. The number of hydrogen-bond donors (Lipinski definition) is 1. The average molecular weight is 312 g/mol. The van der Waals surface area contributed by atoms with Crippen molar-refractivity contribution in [1.82, 2.24) is 0 Å². The quantitative estimate of drug-likeness (QED) is 0.807. The van der Waals surface area contributed by atoms with Crippen molar-refractivity contribution in [3.05, 3.63) is 65.5 Å². The lowest BCUT2D eigenvalue weighted by atomic mass is 10.1. The zero-order valence-electron chi connectivity index (χ0n) is 12.2. The zero-order chi connectivity index (χ0) is 16.4. The summed E-state index contributed by atoms with van der Waals surface area (Å²) in [5.41, 5.74) is 6.54. The van der Waals surface area contributed by atoms with Crippen molar-refractivity contribution in [2.45, 2.75) is 0 Å². The van der Waals surface area contributed by atoms with Crippen LogP contribution >= 0.6 is 0 Å². The van der Waals surface area contributed by atoms with Crippen molar-refractivity contribution in [3.8, 4) is 5.75 Å². The minimum absolute atomic E-state index is 0.0601. The summed E-state index contributed by atoms with van der Waals surface area (Å²) in [6.45, 7) is 0. The fourth-order valence-corrected chi connectivity index (χ4v) is 2.12. The Hall–Kier alpha value is -3.15. The van der Waals surface area contributed by atoms with Gasteiger partial charge >= 0.3 is 0 Å². The molecular weight excluding hydrogens is 299 g/mol. The van der Waals surface area contributed by atoms with Gasteiger partial charge in [-0.1, -0.05) is 0 Å². The number of primary amides is 1. The van der Waals surface area contributed by atoms with E-state index in [0.717, 1.165) is 0 Å². The first-order valence-corrected chi connectivity index (χ1v) is 6.79. The van der Waals surface area contributed by atoms with E-state index < -0.39 is 5.91 Å². The highest BCUT2D eigenvalue weighted by Crippen LogP contribution is 2.20. The van der Waals surface area contributed by atoms with Crippen molar-refractivity contribution in [3.63, 3.8) is 0 Å². The third kappa shape index (κ3) is 3.06. The summed E-state index contributed by atoms with van der Waals surface area (Å²) in [7, 11) is 1.54. The maximum atomic E-state index is 13.0. The van der Waals surface area contributed by atoms with E-state index in [4.69, 9.17) is 14.9 Å². The molecule has 1 amide bonds. The summed E-state index contributed by atoms with van der Waals surface area (Å²) in [6, 6.07) is 12.3. The molecular formula is C17H13FN2O3. The van der Waals surface area contributed by atoms with Crippen molar-refractivity contribution < 1.29 is 18.3 Å². The number of nitrogens with two attached hydrogens (primary N) is 1. The molecule has 0 atom stereocenters. The van der Waals surface area contributed by atoms with Gasteiger partial charge < -0.3 is 14.9 Å². The van der Waals surface area contributed by atoms with Crippen LogP contribution < -0.4 is 16.0 Å². The number of benzene rings is 2. The van der Waals surface area contributed by atoms with Crippen molar-refractivity contribution in [1.29, 1.82) is 0 Å². The summed E-state index contributed by atoms with van der Waals surface area (Å²) in [5.74, 6) is -0.424. The minimum atomic E-state index is -0.660. The first-order chi connectivity index (χ1) is 11.1. The van der Waals surface area contributed by atoms with Crippen LogP contribution in [0.4, 0.5) is 10.1 Å². The summed E-state index contributed by atoms with van der Waals surface area (Å²) in [4.78, 5) is 15.9. The molecule has 1 heterocycles. The first-order valence-electron chi connectivity index (χ1n) is 6.79. The van der Waals surface area contributed by atoms with Crippen LogP contribution in [-0.4, -0.2) is 13.0 Å². The van der Waals surface area contributed by atoms with Gasteiger partial charge in [0.1, 0.15) is 22.7 Å². The topological polar surface area (TPSA) is 77.8 Å². The summed E-state index contributed by atoms with van der Waals surface area (Å²) in [5, 5.41) is 0.692. The number of ether oxygens (including phenoxy) is 1. The van der Waals surface area contributed by atoms with Crippen molar-refractivity contribution in [2.24, 2.45) is 10.7 Å². The molecule has 23 heavy (non-hydrogen) atoms. The smallest absolute Gasteiger partial charge is 0.254 e.